The number of nitrogens with one attached hydrogen (secondary N) is 1. The number of carbonyl (C=O) groups excluding carboxylic acids is 1. The molecule has 1 aromatic heterocycles. The Labute approximate surface area is 160 Å². The molecule has 0 aliphatic heterocycles. The van der Waals surface area contributed by atoms with Crippen LogP contribution in [-0.4, -0.2) is 34.9 Å². The maximum Gasteiger partial charge on any atom is 0.234 e. The maximum atomic E-state index is 12.2. The molecular formula is C17H22IN3O2S. The summed E-state index contributed by atoms with van der Waals surface area (Å²) in [5.41, 5.74) is 4.02. The highest BCUT2D eigenvalue weighted by Crippen LogP contribution is 2.22. The van der Waals surface area contributed by atoms with Gasteiger partial charge in [-0.15, -0.1) is 0 Å². The minimum absolute atomic E-state index is 0.0269. The van der Waals surface area contributed by atoms with Crippen molar-refractivity contribution in [1.82, 2.24) is 9.55 Å². The van der Waals surface area contributed by atoms with Crippen LogP contribution in [0.5, 0.6) is 0 Å². The molecule has 5 nitrogen and oxygen atoms in total. The van der Waals surface area contributed by atoms with E-state index in [1.54, 1.807) is 7.11 Å². The molecular weight excluding hydrogens is 437 g/mol. The average Bonchev–Trinajstić information content (AvgIpc) is 2.80. The first-order valence-electron chi connectivity index (χ1n) is 7.64. The summed E-state index contributed by atoms with van der Waals surface area (Å²) in [6.07, 6.45) is 0. The fraction of sp³-hybridized carbons (Fsp3) is 0.412. The number of methoxy groups -OCH3 is 1. The van der Waals surface area contributed by atoms with Gasteiger partial charge < -0.3 is 14.6 Å². The number of rotatable bonds is 7. The highest BCUT2D eigenvalue weighted by molar-refractivity contribution is 14.1. The van der Waals surface area contributed by atoms with E-state index in [9.17, 15) is 4.79 Å². The largest absolute Gasteiger partial charge is 0.383 e. The third-order valence-corrected chi connectivity index (χ3v) is 5.38. The number of thioether (sulfide) groups is 1. The van der Waals surface area contributed by atoms with Crippen LogP contribution in [0.3, 0.4) is 0 Å². The molecule has 1 N–H and O–H groups in total. The number of hydrogen-bond donors (Lipinski definition) is 1. The zero-order valence-electron chi connectivity index (χ0n) is 14.4. The van der Waals surface area contributed by atoms with Crippen molar-refractivity contribution in [1.29, 1.82) is 0 Å². The summed E-state index contributed by atoms with van der Waals surface area (Å²) in [4.78, 5) is 16.8. The monoisotopic (exact) mass is 459 g/mol. The van der Waals surface area contributed by atoms with Crippen LogP contribution in [-0.2, 0) is 16.1 Å². The number of nitrogens with zero attached hydrogens (tertiary/aromatic N) is 2. The fourth-order valence-electron chi connectivity index (χ4n) is 2.26. The zero-order valence-corrected chi connectivity index (χ0v) is 17.3. The maximum absolute atomic E-state index is 12.2. The Morgan fingerprint density at radius 3 is 2.79 bits per heavy atom. The smallest absolute Gasteiger partial charge is 0.234 e. The second-order valence-corrected chi connectivity index (χ2v) is 7.69. The van der Waals surface area contributed by atoms with Gasteiger partial charge in [-0.3, -0.25) is 4.79 Å². The molecule has 0 atom stereocenters. The van der Waals surface area contributed by atoms with Crippen molar-refractivity contribution in [2.24, 2.45) is 0 Å². The number of hydrogen-bond acceptors (Lipinski definition) is 4. The van der Waals surface area contributed by atoms with E-state index in [0.717, 1.165) is 37.9 Å². The van der Waals surface area contributed by atoms with Crippen LogP contribution >= 0.6 is 34.4 Å². The molecule has 2 rings (SSSR count). The fourth-order valence-corrected chi connectivity index (χ4v) is 3.83. The Hall–Kier alpha value is -1.06. The topological polar surface area (TPSA) is 56.1 Å². The van der Waals surface area contributed by atoms with Crippen molar-refractivity contribution < 1.29 is 9.53 Å². The lowest BCUT2D eigenvalue weighted by atomic mass is 10.2. The van der Waals surface area contributed by atoms with Crippen LogP contribution in [0.4, 0.5) is 5.69 Å². The Morgan fingerprint density at radius 1 is 1.38 bits per heavy atom. The predicted molar refractivity (Wildman–Crippen MR) is 107 cm³/mol. The van der Waals surface area contributed by atoms with E-state index in [1.165, 1.54) is 11.8 Å². The Kier molecular flexibility index (Phi) is 7.12. The average molecular weight is 459 g/mol. The van der Waals surface area contributed by atoms with E-state index in [4.69, 9.17) is 4.74 Å². The molecule has 1 amide bonds. The first-order chi connectivity index (χ1) is 11.4. The number of carbonyl (C=O) groups is 1. The third kappa shape index (κ3) is 4.97. The summed E-state index contributed by atoms with van der Waals surface area (Å²) in [5, 5.41) is 3.82. The van der Waals surface area contributed by atoms with Crippen LogP contribution < -0.4 is 5.32 Å². The lowest BCUT2D eigenvalue weighted by Gasteiger charge is -2.10. The quantitative estimate of drug-likeness (QED) is 0.506. The number of amides is 1. The van der Waals surface area contributed by atoms with Crippen molar-refractivity contribution >= 4 is 45.9 Å². The van der Waals surface area contributed by atoms with Crippen molar-refractivity contribution in [3.63, 3.8) is 0 Å². The van der Waals surface area contributed by atoms with Crippen LogP contribution in [0.2, 0.25) is 0 Å². The summed E-state index contributed by atoms with van der Waals surface area (Å²) >= 11 is 3.71. The summed E-state index contributed by atoms with van der Waals surface area (Å²) in [6, 6.07) is 5.97. The molecule has 0 aliphatic carbocycles. The third-order valence-electron chi connectivity index (χ3n) is 3.74. The van der Waals surface area contributed by atoms with E-state index < -0.39 is 0 Å². The number of benzene rings is 1. The molecule has 0 spiro atoms. The number of aromatic nitrogens is 2. The minimum Gasteiger partial charge on any atom is -0.383 e. The van der Waals surface area contributed by atoms with Gasteiger partial charge in [0, 0.05) is 28.6 Å². The Morgan fingerprint density at radius 2 is 2.12 bits per heavy atom. The highest BCUT2D eigenvalue weighted by Gasteiger charge is 2.13. The van der Waals surface area contributed by atoms with Gasteiger partial charge >= 0.3 is 0 Å². The van der Waals surface area contributed by atoms with Gasteiger partial charge in [0.15, 0.2) is 5.16 Å². The van der Waals surface area contributed by atoms with Crippen molar-refractivity contribution in [3.8, 4) is 0 Å². The van der Waals surface area contributed by atoms with E-state index in [-0.39, 0.29) is 5.91 Å². The van der Waals surface area contributed by atoms with E-state index in [0.29, 0.717) is 12.4 Å². The lowest BCUT2D eigenvalue weighted by Crippen LogP contribution is -2.16. The second-order valence-electron chi connectivity index (χ2n) is 5.51. The van der Waals surface area contributed by atoms with Crippen LogP contribution in [0.1, 0.15) is 17.0 Å². The lowest BCUT2D eigenvalue weighted by molar-refractivity contribution is -0.113. The molecule has 0 unspecified atom stereocenters. The van der Waals surface area contributed by atoms with Crippen molar-refractivity contribution in [2.75, 3.05) is 24.8 Å². The summed E-state index contributed by atoms with van der Waals surface area (Å²) in [6.45, 7) is 7.38. The van der Waals surface area contributed by atoms with Gasteiger partial charge in [0.1, 0.15) is 0 Å². The highest BCUT2D eigenvalue weighted by atomic mass is 127. The standard InChI is InChI=1S/C17H22IN3O2S/c1-11-9-14(18)5-6-15(11)20-16(22)10-24-17-19-12(2)13(3)21(17)7-8-23-4/h5-6,9H,7-8,10H2,1-4H3,(H,20,22). The molecule has 7 heteroatoms. The van der Waals surface area contributed by atoms with Gasteiger partial charge in [0.25, 0.3) is 0 Å². The van der Waals surface area contributed by atoms with E-state index in [1.807, 2.05) is 39.0 Å². The predicted octanol–water partition coefficient (Wildman–Crippen LogP) is 3.79. The number of imidazole rings is 1. The minimum atomic E-state index is -0.0269. The normalized spacial score (nSPS) is 10.9. The van der Waals surface area contributed by atoms with Gasteiger partial charge in [-0.25, -0.2) is 4.98 Å². The van der Waals surface area contributed by atoms with Gasteiger partial charge in [0.05, 0.1) is 18.1 Å². The van der Waals surface area contributed by atoms with Gasteiger partial charge in [-0.1, -0.05) is 11.8 Å². The summed E-state index contributed by atoms with van der Waals surface area (Å²) in [7, 11) is 1.68. The number of anilines is 1. The SMILES string of the molecule is COCCn1c(SCC(=O)Nc2ccc(I)cc2C)nc(C)c1C. The molecule has 0 aliphatic rings. The molecule has 24 heavy (non-hydrogen) atoms. The van der Waals surface area contributed by atoms with E-state index in [2.05, 4.69) is 37.5 Å². The Bertz CT molecular complexity index is 731. The summed E-state index contributed by atoms with van der Waals surface area (Å²) < 4.78 is 8.41. The van der Waals surface area contributed by atoms with Crippen molar-refractivity contribution in [2.45, 2.75) is 32.5 Å². The summed E-state index contributed by atoms with van der Waals surface area (Å²) in [5.74, 6) is 0.301. The first kappa shape index (κ1) is 19.3. The zero-order chi connectivity index (χ0) is 17.7. The molecule has 130 valence electrons. The second kappa shape index (κ2) is 8.87. The molecule has 0 bridgehead atoms. The molecule has 1 aromatic carbocycles. The van der Waals surface area contributed by atoms with Gasteiger partial charge in [0.2, 0.25) is 5.91 Å². The molecule has 1 heterocycles. The molecule has 0 saturated heterocycles. The number of halogens is 1. The van der Waals surface area contributed by atoms with Crippen LogP contribution in [0.15, 0.2) is 23.4 Å². The number of ether oxygens (including phenoxy) is 1. The van der Waals surface area contributed by atoms with Crippen LogP contribution in [0, 0.1) is 24.3 Å². The van der Waals surface area contributed by atoms with Crippen LogP contribution in [0.25, 0.3) is 0 Å². The van der Waals surface area contributed by atoms with E-state index >= 15 is 0 Å². The van der Waals surface area contributed by atoms with Gasteiger partial charge in [-0.05, 0) is 67.1 Å². The molecule has 0 radical (unpaired) electrons. The molecule has 2 aromatic rings. The Balaban J connectivity index is 2.00. The molecule has 0 saturated carbocycles. The number of aryl methyl sites for hydroxylation is 2. The first-order valence-corrected chi connectivity index (χ1v) is 9.70. The van der Waals surface area contributed by atoms with Crippen molar-refractivity contribution in [3.05, 3.63) is 38.7 Å². The molecule has 0 fully saturated rings. The van der Waals surface area contributed by atoms with Gasteiger partial charge in [-0.2, -0.15) is 0 Å².